The van der Waals surface area contributed by atoms with Gasteiger partial charge >= 0.3 is 5.97 Å². The maximum Gasteiger partial charge on any atom is 0.347 e. The van der Waals surface area contributed by atoms with Gasteiger partial charge in [-0.05, 0) is 13.3 Å². The summed E-state index contributed by atoms with van der Waals surface area (Å²) in [4.78, 5) is 11.8. The molecule has 1 aromatic rings. The van der Waals surface area contributed by atoms with E-state index in [4.69, 9.17) is 23.7 Å². The molecule has 0 radical (unpaired) electrons. The van der Waals surface area contributed by atoms with Gasteiger partial charge in [0.05, 0.1) is 27.9 Å². The van der Waals surface area contributed by atoms with Crippen molar-refractivity contribution in [3.63, 3.8) is 0 Å². The fraction of sp³-hybridized carbons (Fsp3) is 0.533. The minimum atomic E-state index is -0.673. The van der Waals surface area contributed by atoms with E-state index in [1.54, 1.807) is 19.1 Å². The van der Waals surface area contributed by atoms with E-state index in [2.05, 4.69) is 0 Å². The first-order valence-electron chi connectivity index (χ1n) is 6.74. The molecule has 21 heavy (non-hydrogen) atoms. The third kappa shape index (κ3) is 4.18. The fourth-order valence-electron chi connectivity index (χ4n) is 1.82. The average molecular weight is 298 g/mol. The summed E-state index contributed by atoms with van der Waals surface area (Å²) >= 11 is 0. The van der Waals surface area contributed by atoms with E-state index < -0.39 is 12.1 Å². The SMILES string of the molecule is CCOC(=O)C(CC)Oc1cc(OC)c(OC)c(OC)c1. The fourth-order valence-corrected chi connectivity index (χ4v) is 1.82. The summed E-state index contributed by atoms with van der Waals surface area (Å²) in [5.74, 6) is 1.45. The Hall–Kier alpha value is -2.11. The van der Waals surface area contributed by atoms with Crippen LogP contribution in [0.2, 0.25) is 0 Å². The van der Waals surface area contributed by atoms with Gasteiger partial charge in [-0.25, -0.2) is 4.79 Å². The Balaban J connectivity index is 3.04. The van der Waals surface area contributed by atoms with Crippen LogP contribution in [0.25, 0.3) is 0 Å². The second-order valence-corrected chi connectivity index (χ2v) is 4.13. The number of rotatable bonds is 8. The minimum absolute atomic E-state index is 0.313. The quantitative estimate of drug-likeness (QED) is 0.687. The van der Waals surface area contributed by atoms with E-state index in [1.807, 2.05) is 6.92 Å². The van der Waals surface area contributed by atoms with Gasteiger partial charge in [0.15, 0.2) is 17.6 Å². The van der Waals surface area contributed by atoms with Crippen molar-refractivity contribution in [2.24, 2.45) is 0 Å². The van der Waals surface area contributed by atoms with Crippen LogP contribution in [0.3, 0.4) is 0 Å². The van der Waals surface area contributed by atoms with Gasteiger partial charge in [-0.1, -0.05) is 6.92 Å². The zero-order valence-electron chi connectivity index (χ0n) is 13.1. The highest BCUT2D eigenvalue weighted by Crippen LogP contribution is 2.41. The van der Waals surface area contributed by atoms with E-state index in [9.17, 15) is 4.79 Å². The molecule has 1 unspecified atom stereocenters. The van der Waals surface area contributed by atoms with Gasteiger partial charge in [-0.3, -0.25) is 0 Å². The molecule has 0 aromatic heterocycles. The maximum absolute atomic E-state index is 11.8. The largest absolute Gasteiger partial charge is 0.493 e. The predicted molar refractivity (Wildman–Crippen MR) is 77.4 cm³/mol. The molecule has 1 rings (SSSR count). The van der Waals surface area contributed by atoms with Crippen LogP contribution in [0.15, 0.2) is 12.1 Å². The summed E-state index contributed by atoms with van der Waals surface area (Å²) in [5.41, 5.74) is 0. The number of hydrogen-bond donors (Lipinski definition) is 0. The molecule has 0 spiro atoms. The third-order valence-electron chi connectivity index (χ3n) is 2.84. The van der Waals surface area contributed by atoms with E-state index in [1.165, 1.54) is 21.3 Å². The van der Waals surface area contributed by atoms with Gasteiger partial charge in [0, 0.05) is 12.1 Å². The molecule has 6 heteroatoms. The first kappa shape index (κ1) is 16.9. The standard InChI is InChI=1S/C15H22O6/c1-6-11(15(16)20-7-2)21-10-8-12(17-3)14(19-5)13(9-10)18-4/h8-9,11H,6-7H2,1-5H3. The summed E-state index contributed by atoms with van der Waals surface area (Å²) in [6.45, 7) is 3.91. The van der Waals surface area contributed by atoms with E-state index in [-0.39, 0.29) is 0 Å². The highest BCUT2D eigenvalue weighted by atomic mass is 16.6. The Morgan fingerprint density at radius 3 is 2.00 bits per heavy atom. The predicted octanol–water partition coefficient (Wildman–Crippen LogP) is 2.43. The number of methoxy groups -OCH3 is 3. The van der Waals surface area contributed by atoms with Crippen molar-refractivity contribution in [3.05, 3.63) is 12.1 Å². The monoisotopic (exact) mass is 298 g/mol. The van der Waals surface area contributed by atoms with Crippen LogP contribution in [0, 0.1) is 0 Å². The van der Waals surface area contributed by atoms with Crippen LogP contribution in [0.4, 0.5) is 0 Å². The molecule has 118 valence electrons. The Morgan fingerprint density at radius 1 is 1.05 bits per heavy atom. The molecule has 0 aliphatic heterocycles. The molecule has 0 heterocycles. The van der Waals surface area contributed by atoms with Crippen molar-refractivity contribution in [1.82, 2.24) is 0 Å². The van der Waals surface area contributed by atoms with Gasteiger partial charge < -0.3 is 23.7 Å². The highest BCUT2D eigenvalue weighted by molar-refractivity contribution is 5.75. The Kier molecular flexibility index (Phi) is 6.65. The van der Waals surface area contributed by atoms with Crippen LogP contribution in [0.1, 0.15) is 20.3 Å². The second-order valence-electron chi connectivity index (χ2n) is 4.13. The number of carbonyl (C=O) groups is 1. The Bertz CT molecular complexity index is 446. The zero-order valence-corrected chi connectivity index (χ0v) is 13.1. The van der Waals surface area contributed by atoms with Crippen LogP contribution in [0.5, 0.6) is 23.0 Å². The molecule has 0 aliphatic carbocycles. The third-order valence-corrected chi connectivity index (χ3v) is 2.84. The van der Waals surface area contributed by atoms with Gasteiger partial charge in [-0.15, -0.1) is 0 Å². The molecule has 1 aromatic carbocycles. The lowest BCUT2D eigenvalue weighted by Gasteiger charge is -2.18. The average Bonchev–Trinajstić information content (AvgIpc) is 2.51. The zero-order chi connectivity index (χ0) is 15.8. The van der Waals surface area contributed by atoms with Crippen LogP contribution < -0.4 is 18.9 Å². The number of ether oxygens (including phenoxy) is 5. The van der Waals surface area contributed by atoms with Gasteiger partial charge in [0.25, 0.3) is 0 Å². The van der Waals surface area contributed by atoms with Gasteiger partial charge in [-0.2, -0.15) is 0 Å². The van der Waals surface area contributed by atoms with Crippen LogP contribution in [-0.4, -0.2) is 40.0 Å². The van der Waals surface area contributed by atoms with E-state index in [0.29, 0.717) is 36.0 Å². The summed E-state index contributed by atoms with van der Waals surface area (Å²) in [5, 5.41) is 0. The first-order chi connectivity index (χ1) is 10.1. The van der Waals surface area contributed by atoms with Crippen LogP contribution >= 0.6 is 0 Å². The van der Waals surface area contributed by atoms with E-state index >= 15 is 0 Å². The first-order valence-corrected chi connectivity index (χ1v) is 6.74. The maximum atomic E-state index is 11.8. The Morgan fingerprint density at radius 2 is 1.62 bits per heavy atom. The molecule has 1 atom stereocenters. The number of esters is 1. The summed E-state index contributed by atoms with van der Waals surface area (Å²) in [6.07, 6.45) is -0.178. The minimum Gasteiger partial charge on any atom is -0.493 e. The lowest BCUT2D eigenvalue weighted by molar-refractivity contribution is -0.151. The van der Waals surface area contributed by atoms with Gasteiger partial charge in [0.1, 0.15) is 5.75 Å². The van der Waals surface area contributed by atoms with Crippen molar-refractivity contribution >= 4 is 5.97 Å². The molecule has 6 nitrogen and oxygen atoms in total. The van der Waals surface area contributed by atoms with Crippen molar-refractivity contribution in [2.45, 2.75) is 26.4 Å². The van der Waals surface area contributed by atoms with E-state index in [0.717, 1.165) is 0 Å². The van der Waals surface area contributed by atoms with Crippen LogP contribution in [-0.2, 0) is 9.53 Å². The van der Waals surface area contributed by atoms with Gasteiger partial charge in [0.2, 0.25) is 5.75 Å². The number of hydrogen-bond acceptors (Lipinski definition) is 6. The molecular weight excluding hydrogens is 276 g/mol. The molecule has 0 saturated carbocycles. The molecule has 0 bridgehead atoms. The molecule has 0 saturated heterocycles. The van der Waals surface area contributed by atoms with Crippen molar-refractivity contribution in [3.8, 4) is 23.0 Å². The summed E-state index contributed by atoms with van der Waals surface area (Å²) in [7, 11) is 4.56. The number of carbonyl (C=O) groups excluding carboxylic acids is 1. The van der Waals surface area contributed by atoms with Crippen molar-refractivity contribution in [1.29, 1.82) is 0 Å². The summed E-state index contributed by atoms with van der Waals surface area (Å²) < 4.78 is 26.4. The lowest BCUT2D eigenvalue weighted by Crippen LogP contribution is -2.28. The smallest absolute Gasteiger partial charge is 0.347 e. The van der Waals surface area contributed by atoms with Crippen molar-refractivity contribution in [2.75, 3.05) is 27.9 Å². The molecule has 0 fully saturated rings. The topological polar surface area (TPSA) is 63.2 Å². The van der Waals surface area contributed by atoms with Crippen molar-refractivity contribution < 1.29 is 28.5 Å². The lowest BCUT2D eigenvalue weighted by atomic mass is 10.2. The molecule has 0 aliphatic rings. The Labute approximate surface area is 124 Å². The highest BCUT2D eigenvalue weighted by Gasteiger charge is 2.22. The molecule has 0 N–H and O–H groups in total. The molecular formula is C15H22O6. The summed E-state index contributed by atoms with van der Waals surface area (Å²) in [6, 6.07) is 3.28. The normalized spacial score (nSPS) is 11.5. The second kappa shape index (κ2) is 8.24. The number of benzene rings is 1. The molecule has 0 amide bonds.